The molecule has 0 heterocycles. The maximum absolute atomic E-state index is 13.1. The Morgan fingerprint density at radius 1 is 1.50 bits per heavy atom. The van der Waals surface area contributed by atoms with Crippen LogP contribution in [0.4, 0.5) is 4.39 Å². The fourth-order valence-electron chi connectivity index (χ4n) is 2.08. The van der Waals surface area contributed by atoms with Crippen molar-refractivity contribution in [3.63, 3.8) is 0 Å². The van der Waals surface area contributed by atoms with E-state index in [0.29, 0.717) is 17.6 Å². The van der Waals surface area contributed by atoms with E-state index < -0.39 is 0 Å². The summed E-state index contributed by atoms with van der Waals surface area (Å²) in [4.78, 5) is 2.40. The Morgan fingerprint density at radius 3 is 2.89 bits per heavy atom. The number of nitrogens with zero attached hydrogens (tertiary/aromatic N) is 1. The van der Waals surface area contributed by atoms with Gasteiger partial charge in [-0.1, -0.05) is 11.6 Å². The molecule has 1 saturated carbocycles. The van der Waals surface area contributed by atoms with Crippen molar-refractivity contribution < 1.29 is 4.39 Å². The lowest BCUT2D eigenvalue weighted by atomic mass is 10.2. The Balaban J connectivity index is 1.78. The number of nitrogens with one attached hydrogen (secondary N) is 1. The maximum atomic E-state index is 13.1. The van der Waals surface area contributed by atoms with Gasteiger partial charge in [0.1, 0.15) is 5.82 Å². The van der Waals surface area contributed by atoms with Gasteiger partial charge in [-0.2, -0.15) is 0 Å². The first-order valence-corrected chi connectivity index (χ1v) is 6.82. The molecule has 1 aromatic rings. The highest BCUT2D eigenvalue weighted by Gasteiger charge is 2.28. The summed E-state index contributed by atoms with van der Waals surface area (Å²) < 4.78 is 13.1. The number of hydrogen-bond acceptors (Lipinski definition) is 2. The van der Waals surface area contributed by atoms with Crippen LogP contribution >= 0.6 is 11.6 Å². The molecular formula is C14H20ClFN2. The van der Waals surface area contributed by atoms with E-state index in [1.807, 2.05) is 0 Å². The van der Waals surface area contributed by atoms with E-state index in [1.165, 1.54) is 25.0 Å². The summed E-state index contributed by atoms with van der Waals surface area (Å²) in [6, 6.07) is 5.73. The van der Waals surface area contributed by atoms with E-state index in [4.69, 9.17) is 11.6 Å². The molecule has 0 saturated heterocycles. The molecule has 1 N–H and O–H groups in total. The molecule has 0 spiro atoms. The van der Waals surface area contributed by atoms with Gasteiger partial charge in [-0.25, -0.2) is 4.39 Å². The Bertz CT molecular complexity index is 407. The van der Waals surface area contributed by atoms with Gasteiger partial charge in [0.05, 0.1) is 0 Å². The van der Waals surface area contributed by atoms with E-state index in [1.54, 1.807) is 6.07 Å². The summed E-state index contributed by atoms with van der Waals surface area (Å²) in [6.07, 6.45) is 2.63. The predicted molar refractivity (Wildman–Crippen MR) is 73.4 cm³/mol. The van der Waals surface area contributed by atoms with Gasteiger partial charge >= 0.3 is 0 Å². The molecular weight excluding hydrogens is 251 g/mol. The van der Waals surface area contributed by atoms with Crippen LogP contribution in [0.5, 0.6) is 0 Å². The maximum Gasteiger partial charge on any atom is 0.123 e. The molecule has 1 aromatic carbocycles. The van der Waals surface area contributed by atoms with E-state index in [-0.39, 0.29) is 5.82 Å². The van der Waals surface area contributed by atoms with E-state index in [9.17, 15) is 4.39 Å². The molecule has 2 nitrogen and oxygen atoms in total. The smallest absolute Gasteiger partial charge is 0.123 e. The first kappa shape index (κ1) is 13.8. The second kappa shape index (κ2) is 6.00. The summed E-state index contributed by atoms with van der Waals surface area (Å²) in [5.74, 6) is -0.237. The van der Waals surface area contributed by atoms with Crippen molar-refractivity contribution in [1.29, 1.82) is 0 Å². The van der Waals surface area contributed by atoms with Crippen LogP contribution < -0.4 is 5.32 Å². The topological polar surface area (TPSA) is 15.3 Å². The number of hydrogen-bond donors (Lipinski definition) is 1. The first-order chi connectivity index (χ1) is 8.58. The van der Waals surface area contributed by atoms with Gasteiger partial charge in [0.2, 0.25) is 0 Å². The molecule has 0 aliphatic heterocycles. The summed E-state index contributed by atoms with van der Waals surface area (Å²) >= 11 is 6.02. The third kappa shape index (κ3) is 3.67. The van der Waals surface area contributed by atoms with Gasteiger partial charge < -0.3 is 5.32 Å². The molecule has 1 fully saturated rings. The third-order valence-corrected chi connectivity index (χ3v) is 3.95. The van der Waals surface area contributed by atoms with E-state index >= 15 is 0 Å². The van der Waals surface area contributed by atoms with Crippen LogP contribution in [0, 0.1) is 5.82 Å². The minimum atomic E-state index is -0.237. The number of halogens is 2. The normalized spacial score (nSPS) is 17.2. The van der Waals surface area contributed by atoms with Gasteiger partial charge in [0.15, 0.2) is 0 Å². The van der Waals surface area contributed by atoms with Crippen LogP contribution in [0.25, 0.3) is 0 Å². The van der Waals surface area contributed by atoms with Crippen molar-refractivity contribution >= 4 is 11.6 Å². The summed E-state index contributed by atoms with van der Waals surface area (Å²) in [5.41, 5.74) is 0.818. The van der Waals surface area contributed by atoms with Crippen LogP contribution in [0.2, 0.25) is 5.02 Å². The van der Waals surface area contributed by atoms with Gasteiger partial charge in [0, 0.05) is 30.2 Å². The third-order valence-electron chi connectivity index (χ3n) is 3.58. The molecule has 1 atom stereocenters. The van der Waals surface area contributed by atoms with Crippen LogP contribution in [0.15, 0.2) is 18.2 Å². The lowest BCUT2D eigenvalue weighted by Gasteiger charge is -2.24. The highest BCUT2D eigenvalue weighted by Crippen LogP contribution is 2.26. The molecule has 0 bridgehead atoms. The number of rotatable bonds is 6. The quantitative estimate of drug-likeness (QED) is 0.855. The van der Waals surface area contributed by atoms with E-state index in [0.717, 1.165) is 18.2 Å². The average molecular weight is 271 g/mol. The summed E-state index contributed by atoms with van der Waals surface area (Å²) in [7, 11) is 2.17. The molecule has 0 amide bonds. The lowest BCUT2D eigenvalue weighted by Crippen LogP contribution is -2.38. The number of likely N-dealkylation sites (N-methyl/N-ethyl adjacent to an activating group) is 1. The van der Waals surface area contributed by atoms with Crippen molar-refractivity contribution in [2.45, 2.75) is 38.4 Å². The fraction of sp³-hybridized carbons (Fsp3) is 0.571. The summed E-state index contributed by atoms with van der Waals surface area (Å²) in [5, 5.41) is 3.96. The van der Waals surface area contributed by atoms with Crippen LogP contribution in [-0.4, -0.2) is 30.6 Å². The van der Waals surface area contributed by atoms with Gasteiger partial charge in [-0.15, -0.1) is 0 Å². The molecule has 0 aromatic heterocycles. The molecule has 18 heavy (non-hydrogen) atoms. The van der Waals surface area contributed by atoms with Crippen molar-refractivity contribution in [2.75, 3.05) is 13.6 Å². The lowest BCUT2D eigenvalue weighted by molar-refractivity contribution is 0.241. The van der Waals surface area contributed by atoms with Gasteiger partial charge in [-0.05, 0) is 50.6 Å². The molecule has 2 rings (SSSR count). The minimum absolute atomic E-state index is 0.237. The molecule has 1 aliphatic rings. The first-order valence-electron chi connectivity index (χ1n) is 6.44. The molecule has 100 valence electrons. The Labute approximate surface area is 113 Å². The van der Waals surface area contributed by atoms with Crippen molar-refractivity contribution in [3.8, 4) is 0 Å². The monoisotopic (exact) mass is 270 g/mol. The van der Waals surface area contributed by atoms with Crippen LogP contribution in [0.1, 0.15) is 25.3 Å². The van der Waals surface area contributed by atoms with Crippen molar-refractivity contribution in [2.24, 2.45) is 0 Å². The minimum Gasteiger partial charge on any atom is -0.311 e. The Morgan fingerprint density at radius 2 is 2.22 bits per heavy atom. The second-order valence-corrected chi connectivity index (χ2v) is 5.52. The van der Waals surface area contributed by atoms with Crippen molar-refractivity contribution in [3.05, 3.63) is 34.6 Å². The largest absolute Gasteiger partial charge is 0.311 e. The molecule has 1 aliphatic carbocycles. The highest BCUT2D eigenvalue weighted by atomic mass is 35.5. The van der Waals surface area contributed by atoms with Crippen molar-refractivity contribution in [1.82, 2.24) is 10.2 Å². The predicted octanol–water partition coefficient (Wildman–Crippen LogP) is 3.05. The van der Waals surface area contributed by atoms with Gasteiger partial charge in [-0.3, -0.25) is 4.90 Å². The molecule has 4 heteroatoms. The fourth-order valence-corrected chi connectivity index (χ4v) is 2.26. The Hall–Kier alpha value is -0.640. The van der Waals surface area contributed by atoms with E-state index in [2.05, 4.69) is 24.2 Å². The standard InChI is InChI=1S/C14H20ClFN2/c1-10(18(2)13-4-5-13)8-17-9-11-7-12(16)3-6-14(11)15/h3,6-7,10,13,17H,4-5,8-9H2,1-2H3. The molecule has 0 radical (unpaired) electrons. The van der Waals surface area contributed by atoms with Crippen LogP contribution in [-0.2, 0) is 6.54 Å². The second-order valence-electron chi connectivity index (χ2n) is 5.11. The average Bonchev–Trinajstić information content (AvgIpc) is 3.16. The molecule has 1 unspecified atom stereocenters. The zero-order valence-electron chi connectivity index (χ0n) is 10.9. The van der Waals surface area contributed by atoms with Crippen LogP contribution in [0.3, 0.4) is 0 Å². The SMILES string of the molecule is CC(CNCc1cc(F)ccc1Cl)N(C)C1CC1. The zero-order chi connectivity index (χ0) is 13.1. The number of benzene rings is 1. The zero-order valence-corrected chi connectivity index (χ0v) is 11.7. The highest BCUT2D eigenvalue weighted by molar-refractivity contribution is 6.31. The van der Waals surface area contributed by atoms with Gasteiger partial charge in [0.25, 0.3) is 0 Å². The Kier molecular flexibility index (Phi) is 4.60. The summed E-state index contributed by atoms with van der Waals surface area (Å²) in [6.45, 7) is 3.71.